The minimum absolute atomic E-state index is 0.204. The highest BCUT2D eigenvalue weighted by Crippen LogP contribution is 2.21. The highest BCUT2D eigenvalue weighted by Gasteiger charge is 2.26. The van der Waals surface area contributed by atoms with Crippen molar-refractivity contribution < 1.29 is 5.11 Å². The molecule has 16 heavy (non-hydrogen) atoms. The zero-order valence-corrected chi connectivity index (χ0v) is 10.0. The summed E-state index contributed by atoms with van der Waals surface area (Å²) in [6.07, 6.45) is 1.84. The van der Waals surface area contributed by atoms with Gasteiger partial charge < -0.3 is 5.11 Å². The summed E-state index contributed by atoms with van der Waals surface area (Å²) in [4.78, 5) is 0. The maximum atomic E-state index is 10.3. The van der Waals surface area contributed by atoms with Gasteiger partial charge in [0.25, 0.3) is 0 Å². The number of para-hydroxylation sites is 1. The minimum Gasteiger partial charge on any atom is -0.388 e. The van der Waals surface area contributed by atoms with Gasteiger partial charge in [0.05, 0.1) is 23.9 Å². The van der Waals surface area contributed by atoms with Crippen molar-refractivity contribution in [3.63, 3.8) is 0 Å². The summed E-state index contributed by atoms with van der Waals surface area (Å²) in [5.74, 6) is 0.204. The molecule has 2 rings (SSSR count). The topological polar surface area (TPSA) is 38.0 Å². The lowest BCUT2D eigenvalue weighted by atomic mass is 9.92. The second-order valence-electron chi connectivity index (χ2n) is 4.87. The van der Waals surface area contributed by atoms with E-state index in [1.165, 1.54) is 0 Å². The predicted molar refractivity (Wildman–Crippen MR) is 65.2 cm³/mol. The molecule has 0 aliphatic rings. The molecule has 1 heterocycles. The molecule has 0 saturated carbocycles. The molecule has 1 N–H and O–H groups in total. The van der Waals surface area contributed by atoms with Crippen molar-refractivity contribution >= 4 is 10.9 Å². The van der Waals surface area contributed by atoms with E-state index in [0.717, 1.165) is 10.9 Å². The molecule has 0 bridgehead atoms. The maximum Gasteiger partial charge on any atom is 0.0837 e. The number of nitrogens with zero attached hydrogens (tertiary/aromatic N) is 2. The van der Waals surface area contributed by atoms with Crippen LogP contribution in [0.25, 0.3) is 10.9 Å². The fourth-order valence-corrected chi connectivity index (χ4v) is 1.64. The lowest BCUT2D eigenvalue weighted by Gasteiger charge is -2.27. The lowest BCUT2D eigenvalue weighted by Crippen LogP contribution is -2.36. The van der Waals surface area contributed by atoms with Crippen LogP contribution in [0.1, 0.15) is 20.8 Å². The van der Waals surface area contributed by atoms with E-state index in [9.17, 15) is 5.11 Å². The first-order valence-electron chi connectivity index (χ1n) is 5.63. The van der Waals surface area contributed by atoms with Crippen LogP contribution in [0.4, 0.5) is 0 Å². The molecule has 0 aliphatic carbocycles. The van der Waals surface area contributed by atoms with Gasteiger partial charge >= 0.3 is 0 Å². The molecular formula is C13H18N2O. The van der Waals surface area contributed by atoms with Crippen molar-refractivity contribution in [2.24, 2.45) is 5.92 Å². The fourth-order valence-electron chi connectivity index (χ4n) is 1.64. The largest absolute Gasteiger partial charge is 0.388 e. The molecule has 1 unspecified atom stereocenters. The van der Waals surface area contributed by atoms with Crippen LogP contribution in [0, 0.1) is 5.92 Å². The fraction of sp³-hybridized carbons (Fsp3) is 0.462. The number of aromatic nitrogens is 2. The lowest BCUT2D eigenvalue weighted by molar-refractivity contribution is -0.00457. The molecule has 3 nitrogen and oxygen atoms in total. The Bertz CT molecular complexity index is 485. The quantitative estimate of drug-likeness (QED) is 0.859. The van der Waals surface area contributed by atoms with Gasteiger partial charge in [-0.3, -0.25) is 4.68 Å². The van der Waals surface area contributed by atoms with E-state index in [4.69, 9.17) is 0 Å². The Kier molecular flexibility index (Phi) is 2.72. The molecule has 3 heteroatoms. The molecule has 1 aromatic carbocycles. The standard InChI is InChI=1S/C13H18N2O/c1-10(2)13(3,16)9-15-12-7-5-4-6-11(12)8-14-15/h4-8,10,16H,9H2,1-3H3. The Hall–Kier alpha value is -1.35. The van der Waals surface area contributed by atoms with Crippen LogP contribution >= 0.6 is 0 Å². The van der Waals surface area contributed by atoms with Gasteiger partial charge in [-0.2, -0.15) is 5.10 Å². The number of aliphatic hydroxyl groups is 1. The molecular weight excluding hydrogens is 200 g/mol. The summed E-state index contributed by atoms with van der Waals surface area (Å²) in [7, 11) is 0. The monoisotopic (exact) mass is 218 g/mol. The normalized spacial score (nSPS) is 15.6. The zero-order valence-electron chi connectivity index (χ0n) is 10.0. The Morgan fingerprint density at radius 1 is 1.38 bits per heavy atom. The van der Waals surface area contributed by atoms with Crippen molar-refractivity contribution in [1.29, 1.82) is 0 Å². The first kappa shape index (κ1) is 11.1. The summed E-state index contributed by atoms with van der Waals surface area (Å²) >= 11 is 0. The van der Waals surface area contributed by atoms with Crippen molar-refractivity contribution in [3.8, 4) is 0 Å². The van der Waals surface area contributed by atoms with E-state index in [1.54, 1.807) is 0 Å². The van der Waals surface area contributed by atoms with Crippen molar-refractivity contribution in [1.82, 2.24) is 9.78 Å². The molecule has 0 amide bonds. The number of fused-ring (bicyclic) bond motifs is 1. The number of benzene rings is 1. The Labute approximate surface area is 95.7 Å². The molecule has 1 atom stereocenters. The molecule has 0 saturated heterocycles. The van der Waals surface area contributed by atoms with Gasteiger partial charge in [0.1, 0.15) is 0 Å². The number of rotatable bonds is 3. The van der Waals surface area contributed by atoms with E-state index in [-0.39, 0.29) is 5.92 Å². The van der Waals surface area contributed by atoms with Crippen LogP contribution in [0.2, 0.25) is 0 Å². The third-order valence-corrected chi connectivity index (χ3v) is 3.26. The molecule has 1 aromatic heterocycles. The second-order valence-corrected chi connectivity index (χ2v) is 4.87. The molecule has 0 radical (unpaired) electrons. The van der Waals surface area contributed by atoms with Gasteiger partial charge in [-0.15, -0.1) is 0 Å². The summed E-state index contributed by atoms with van der Waals surface area (Å²) < 4.78 is 1.87. The van der Waals surface area contributed by atoms with Crippen LogP contribution in [0.3, 0.4) is 0 Å². The third-order valence-electron chi connectivity index (χ3n) is 3.26. The first-order valence-corrected chi connectivity index (χ1v) is 5.63. The van der Waals surface area contributed by atoms with Crippen molar-refractivity contribution in [3.05, 3.63) is 30.5 Å². The van der Waals surface area contributed by atoms with Gasteiger partial charge in [0, 0.05) is 5.39 Å². The van der Waals surface area contributed by atoms with Crippen LogP contribution in [0.5, 0.6) is 0 Å². The smallest absolute Gasteiger partial charge is 0.0837 e. The van der Waals surface area contributed by atoms with Crippen LogP contribution in [0.15, 0.2) is 30.5 Å². The Morgan fingerprint density at radius 2 is 2.06 bits per heavy atom. The molecule has 0 spiro atoms. The van der Waals surface area contributed by atoms with E-state index < -0.39 is 5.60 Å². The summed E-state index contributed by atoms with van der Waals surface area (Å²) in [5, 5.41) is 15.7. The molecule has 86 valence electrons. The maximum absolute atomic E-state index is 10.3. The van der Waals surface area contributed by atoms with E-state index in [0.29, 0.717) is 6.54 Å². The van der Waals surface area contributed by atoms with E-state index in [2.05, 4.69) is 5.10 Å². The SMILES string of the molecule is CC(C)C(C)(O)Cn1ncc2ccccc21. The summed E-state index contributed by atoms with van der Waals surface area (Å²) in [5.41, 5.74) is 0.345. The summed E-state index contributed by atoms with van der Waals surface area (Å²) in [6.45, 7) is 6.42. The van der Waals surface area contributed by atoms with Crippen LogP contribution < -0.4 is 0 Å². The Balaban J connectivity index is 2.35. The molecule has 0 fully saturated rings. The average molecular weight is 218 g/mol. The first-order chi connectivity index (χ1) is 7.50. The number of hydrogen-bond acceptors (Lipinski definition) is 2. The van der Waals surface area contributed by atoms with Crippen molar-refractivity contribution in [2.75, 3.05) is 0 Å². The van der Waals surface area contributed by atoms with Crippen LogP contribution in [-0.2, 0) is 6.54 Å². The van der Waals surface area contributed by atoms with Gasteiger partial charge in [0.15, 0.2) is 0 Å². The average Bonchev–Trinajstić information content (AvgIpc) is 2.61. The molecule has 2 aromatic rings. The predicted octanol–water partition coefficient (Wildman–Crippen LogP) is 2.44. The third kappa shape index (κ3) is 1.95. The highest BCUT2D eigenvalue weighted by atomic mass is 16.3. The van der Waals surface area contributed by atoms with E-state index >= 15 is 0 Å². The molecule has 0 aliphatic heterocycles. The zero-order chi connectivity index (χ0) is 11.8. The van der Waals surface area contributed by atoms with E-state index in [1.807, 2.05) is 55.9 Å². The minimum atomic E-state index is -0.727. The van der Waals surface area contributed by atoms with Gasteiger partial charge in [0.2, 0.25) is 0 Å². The Morgan fingerprint density at radius 3 is 2.75 bits per heavy atom. The van der Waals surface area contributed by atoms with Gasteiger partial charge in [-0.05, 0) is 18.9 Å². The second kappa shape index (κ2) is 3.91. The van der Waals surface area contributed by atoms with Crippen molar-refractivity contribution in [2.45, 2.75) is 32.9 Å². The number of hydrogen-bond donors (Lipinski definition) is 1. The van der Waals surface area contributed by atoms with Gasteiger partial charge in [-0.1, -0.05) is 32.0 Å². The van der Waals surface area contributed by atoms with Crippen LogP contribution in [-0.4, -0.2) is 20.5 Å². The highest BCUT2D eigenvalue weighted by molar-refractivity contribution is 5.78. The van der Waals surface area contributed by atoms with Gasteiger partial charge in [-0.25, -0.2) is 0 Å². The summed E-state index contributed by atoms with van der Waals surface area (Å²) in [6, 6.07) is 8.04.